The molecule has 4 heteroatoms. The molecule has 0 amide bonds. The third-order valence-corrected chi connectivity index (χ3v) is 2.52. The van der Waals surface area contributed by atoms with Gasteiger partial charge in [-0.25, -0.2) is 0 Å². The third kappa shape index (κ3) is 2.22. The molecule has 0 radical (unpaired) electrons. The Labute approximate surface area is 97.1 Å². The van der Waals surface area contributed by atoms with E-state index in [4.69, 9.17) is 28.3 Å². The van der Waals surface area contributed by atoms with Gasteiger partial charge >= 0.3 is 0 Å². The number of hydrogen-bond acceptors (Lipinski definition) is 2. The van der Waals surface area contributed by atoms with Crippen molar-refractivity contribution in [2.24, 2.45) is 0 Å². The standard InChI is InChI=1S/C11H7Cl2NO/c12-7-1-3-10(13)9(5-7)11-4-2-8(15)6-14-11/h1-6,15H. The number of pyridine rings is 1. The number of aromatic nitrogens is 1. The van der Waals surface area contributed by atoms with Crippen molar-refractivity contribution in [1.82, 2.24) is 4.98 Å². The average molecular weight is 240 g/mol. The topological polar surface area (TPSA) is 33.1 Å². The number of halogens is 2. The maximum atomic E-state index is 9.11. The predicted octanol–water partition coefficient (Wildman–Crippen LogP) is 3.76. The van der Waals surface area contributed by atoms with Crippen molar-refractivity contribution >= 4 is 23.2 Å². The first kappa shape index (κ1) is 10.3. The maximum Gasteiger partial charge on any atom is 0.133 e. The fraction of sp³-hybridized carbons (Fsp3) is 0. The molecule has 1 N–H and O–H groups in total. The van der Waals surface area contributed by atoms with Gasteiger partial charge in [0, 0.05) is 10.6 Å². The molecule has 0 unspecified atom stereocenters. The molecule has 0 saturated carbocycles. The van der Waals surface area contributed by atoms with Crippen LogP contribution in [0.3, 0.4) is 0 Å². The minimum Gasteiger partial charge on any atom is -0.506 e. The molecule has 1 aromatic heterocycles. The molecule has 2 aromatic rings. The van der Waals surface area contributed by atoms with Crippen molar-refractivity contribution < 1.29 is 5.11 Å². The van der Waals surface area contributed by atoms with Gasteiger partial charge in [-0.15, -0.1) is 0 Å². The van der Waals surface area contributed by atoms with Crippen LogP contribution in [0.1, 0.15) is 0 Å². The molecule has 2 rings (SSSR count). The van der Waals surface area contributed by atoms with Crippen molar-refractivity contribution in [3.63, 3.8) is 0 Å². The summed E-state index contributed by atoms with van der Waals surface area (Å²) >= 11 is 11.9. The Kier molecular flexibility index (Phi) is 2.80. The number of aromatic hydroxyl groups is 1. The van der Waals surface area contributed by atoms with Crippen LogP contribution >= 0.6 is 23.2 Å². The zero-order chi connectivity index (χ0) is 10.8. The largest absolute Gasteiger partial charge is 0.506 e. The van der Waals surface area contributed by atoms with Crippen LogP contribution in [0.15, 0.2) is 36.5 Å². The molecular weight excluding hydrogens is 233 g/mol. The molecule has 0 spiro atoms. The second kappa shape index (κ2) is 4.09. The van der Waals surface area contributed by atoms with E-state index in [9.17, 15) is 0 Å². The molecule has 1 heterocycles. The summed E-state index contributed by atoms with van der Waals surface area (Å²) in [5.41, 5.74) is 1.43. The second-order valence-electron chi connectivity index (χ2n) is 3.03. The molecule has 0 fully saturated rings. The Morgan fingerprint density at radius 3 is 2.53 bits per heavy atom. The number of benzene rings is 1. The summed E-state index contributed by atoms with van der Waals surface area (Å²) in [5.74, 6) is 0.122. The van der Waals surface area contributed by atoms with Gasteiger partial charge in [0.05, 0.1) is 16.9 Å². The Bertz CT molecular complexity index is 482. The Morgan fingerprint density at radius 2 is 1.87 bits per heavy atom. The minimum atomic E-state index is 0.122. The molecule has 15 heavy (non-hydrogen) atoms. The number of nitrogens with zero attached hydrogens (tertiary/aromatic N) is 1. The summed E-state index contributed by atoms with van der Waals surface area (Å²) in [6.45, 7) is 0. The lowest BCUT2D eigenvalue weighted by molar-refractivity contribution is 0.473. The van der Waals surface area contributed by atoms with Crippen LogP contribution in [-0.2, 0) is 0 Å². The zero-order valence-electron chi connectivity index (χ0n) is 7.61. The van der Waals surface area contributed by atoms with Crippen LogP contribution in [0.25, 0.3) is 11.3 Å². The van der Waals surface area contributed by atoms with Gasteiger partial charge in [0.2, 0.25) is 0 Å². The first-order valence-electron chi connectivity index (χ1n) is 4.27. The molecule has 0 aliphatic heterocycles. The van der Waals surface area contributed by atoms with E-state index in [1.54, 1.807) is 30.3 Å². The fourth-order valence-electron chi connectivity index (χ4n) is 1.24. The number of rotatable bonds is 1. The Balaban J connectivity index is 2.53. The van der Waals surface area contributed by atoms with Crippen LogP contribution in [0, 0.1) is 0 Å². The molecule has 0 aliphatic rings. The van der Waals surface area contributed by atoms with Crippen molar-refractivity contribution in [2.45, 2.75) is 0 Å². The lowest BCUT2D eigenvalue weighted by atomic mass is 10.1. The SMILES string of the molecule is Oc1ccc(-c2cc(Cl)ccc2Cl)nc1. The first-order valence-corrected chi connectivity index (χ1v) is 5.03. The quantitative estimate of drug-likeness (QED) is 0.823. The molecule has 0 saturated heterocycles. The number of hydrogen-bond donors (Lipinski definition) is 1. The molecule has 2 nitrogen and oxygen atoms in total. The van der Waals surface area contributed by atoms with E-state index in [0.717, 1.165) is 5.56 Å². The zero-order valence-corrected chi connectivity index (χ0v) is 9.13. The fourth-order valence-corrected chi connectivity index (χ4v) is 1.63. The van der Waals surface area contributed by atoms with Crippen LogP contribution in [0.4, 0.5) is 0 Å². The van der Waals surface area contributed by atoms with Crippen LogP contribution in [0.2, 0.25) is 10.0 Å². The van der Waals surface area contributed by atoms with Crippen LogP contribution in [-0.4, -0.2) is 10.1 Å². The Morgan fingerprint density at radius 1 is 1.07 bits per heavy atom. The van der Waals surface area contributed by atoms with Crippen LogP contribution in [0.5, 0.6) is 5.75 Å². The Hall–Kier alpha value is -1.25. The third-order valence-electron chi connectivity index (χ3n) is 1.95. The van der Waals surface area contributed by atoms with Gasteiger partial charge in [0.25, 0.3) is 0 Å². The summed E-state index contributed by atoms with van der Waals surface area (Å²) in [6, 6.07) is 8.41. The van der Waals surface area contributed by atoms with Gasteiger partial charge in [0.1, 0.15) is 5.75 Å². The van der Waals surface area contributed by atoms with Gasteiger partial charge in [-0.05, 0) is 30.3 Å². The molecular formula is C11H7Cl2NO. The van der Waals surface area contributed by atoms with E-state index >= 15 is 0 Å². The molecule has 0 atom stereocenters. The maximum absolute atomic E-state index is 9.11. The second-order valence-corrected chi connectivity index (χ2v) is 3.87. The normalized spacial score (nSPS) is 10.3. The van der Waals surface area contributed by atoms with E-state index in [-0.39, 0.29) is 5.75 Å². The molecule has 0 bridgehead atoms. The van der Waals surface area contributed by atoms with Gasteiger partial charge in [0.15, 0.2) is 0 Å². The highest BCUT2D eigenvalue weighted by molar-refractivity contribution is 6.35. The van der Waals surface area contributed by atoms with E-state index in [0.29, 0.717) is 15.7 Å². The molecule has 1 aromatic carbocycles. The monoisotopic (exact) mass is 239 g/mol. The van der Waals surface area contributed by atoms with Crippen molar-refractivity contribution in [3.05, 3.63) is 46.6 Å². The van der Waals surface area contributed by atoms with Crippen molar-refractivity contribution in [1.29, 1.82) is 0 Å². The van der Waals surface area contributed by atoms with Crippen LogP contribution < -0.4 is 0 Å². The summed E-state index contributed by atoms with van der Waals surface area (Å²) in [6.07, 6.45) is 1.37. The highest BCUT2D eigenvalue weighted by Gasteiger charge is 2.05. The lowest BCUT2D eigenvalue weighted by Crippen LogP contribution is -1.83. The highest BCUT2D eigenvalue weighted by Crippen LogP contribution is 2.29. The molecule has 0 aliphatic carbocycles. The molecule has 76 valence electrons. The predicted molar refractivity (Wildman–Crippen MR) is 61.4 cm³/mol. The van der Waals surface area contributed by atoms with E-state index in [2.05, 4.69) is 4.98 Å². The first-order chi connectivity index (χ1) is 7.16. The lowest BCUT2D eigenvalue weighted by Gasteiger charge is -2.03. The summed E-state index contributed by atoms with van der Waals surface area (Å²) in [4.78, 5) is 4.06. The van der Waals surface area contributed by atoms with Gasteiger partial charge in [-0.2, -0.15) is 0 Å². The van der Waals surface area contributed by atoms with Gasteiger partial charge in [-0.3, -0.25) is 4.98 Å². The van der Waals surface area contributed by atoms with E-state index in [1.165, 1.54) is 6.20 Å². The highest BCUT2D eigenvalue weighted by atomic mass is 35.5. The summed E-state index contributed by atoms with van der Waals surface area (Å²) in [7, 11) is 0. The van der Waals surface area contributed by atoms with Gasteiger partial charge in [-0.1, -0.05) is 23.2 Å². The van der Waals surface area contributed by atoms with E-state index < -0.39 is 0 Å². The summed E-state index contributed by atoms with van der Waals surface area (Å²) in [5, 5.41) is 10.3. The summed E-state index contributed by atoms with van der Waals surface area (Å²) < 4.78 is 0. The van der Waals surface area contributed by atoms with Gasteiger partial charge < -0.3 is 5.11 Å². The average Bonchev–Trinajstić information content (AvgIpc) is 2.23. The van der Waals surface area contributed by atoms with Crippen molar-refractivity contribution in [2.75, 3.05) is 0 Å². The smallest absolute Gasteiger partial charge is 0.133 e. The minimum absolute atomic E-state index is 0.122. The van der Waals surface area contributed by atoms with E-state index in [1.807, 2.05) is 0 Å². The van der Waals surface area contributed by atoms with Crippen molar-refractivity contribution in [3.8, 4) is 17.0 Å².